The molecule has 0 aliphatic carbocycles. The van der Waals surface area contributed by atoms with E-state index in [2.05, 4.69) is 9.80 Å². The van der Waals surface area contributed by atoms with E-state index in [0.717, 1.165) is 57.8 Å². The van der Waals surface area contributed by atoms with Crippen LogP contribution in [0.4, 0.5) is 5.69 Å². The number of benzene rings is 1. The van der Waals surface area contributed by atoms with E-state index in [1.165, 1.54) is 6.42 Å². The Morgan fingerprint density at radius 1 is 0.957 bits per heavy atom. The average Bonchev–Trinajstić information content (AvgIpc) is 2.62. The predicted octanol–water partition coefficient (Wildman–Crippen LogP) is 1.92. The van der Waals surface area contributed by atoms with Gasteiger partial charge in [0.15, 0.2) is 0 Å². The van der Waals surface area contributed by atoms with Gasteiger partial charge in [0.05, 0.1) is 6.04 Å². The zero-order valence-corrected chi connectivity index (χ0v) is 13.9. The lowest BCUT2D eigenvalue weighted by molar-refractivity contribution is -0.137. The van der Waals surface area contributed by atoms with Crippen LogP contribution in [-0.4, -0.2) is 66.1 Å². The van der Waals surface area contributed by atoms with Gasteiger partial charge in [-0.25, -0.2) is 0 Å². The monoisotopic (exact) mass is 317 g/mol. The fraction of sp³-hybridized carbons (Fsp3) is 0.611. The molecule has 0 saturated carbocycles. The third-order valence-corrected chi connectivity index (χ3v) is 5.10. The third kappa shape index (κ3) is 3.78. The highest BCUT2D eigenvalue weighted by Gasteiger charge is 2.29. The summed E-state index contributed by atoms with van der Waals surface area (Å²) in [5.74, 6) is 0.593. The van der Waals surface area contributed by atoms with E-state index in [9.17, 15) is 9.90 Å². The summed E-state index contributed by atoms with van der Waals surface area (Å²) in [7, 11) is 0. The Bertz CT molecular complexity index is 518. The third-order valence-electron chi connectivity index (χ3n) is 5.10. The van der Waals surface area contributed by atoms with Crippen molar-refractivity contribution in [3.05, 3.63) is 24.3 Å². The molecule has 2 aliphatic heterocycles. The molecule has 0 spiro atoms. The maximum absolute atomic E-state index is 12.6. The molecule has 2 saturated heterocycles. The van der Waals surface area contributed by atoms with Gasteiger partial charge in [-0.1, -0.05) is 0 Å². The summed E-state index contributed by atoms with van der Waals surface area (Å²) in [5.41, 5.74) is 1.14. The summed E-state index contributed by atoms with van der Waals surface area (Å²) in [6.45, 7) is 7.55. The maximum atomic E-state index is 12.6. The van der Waals surface area contributed by atoms with Crippen molar-refractivity contribution in [2.75, 3.05) is 44.2 Å². The summed E-state index contributed by atoms with van der Waals surface area (Å²) < 4.78 is 0. The van der Waals surface area contributed by atoms with Crippen molar-refractivity contribution in [1.82, 2.24) is 9.80 Å². The molecule has 2 heterocycles. The Labute approximate surface area is 138 Å². The fourth-order valence-electron chi connectivity index (χ4n) is 3.57. The van der Waals surface area contributed by atoms with Crippen molar-refractivity contribution in [3.63, 3.8) is 0 Å². The number of rotatable bonds is 3. The van der Waals surface area contributed by atoms with Crippen LogP contribution in [-0.2, 0) is 4.79 Å². The molecule has 0 unspecified atom stereocenters. The molecule has 1 atom stereocenters. The van der Waals surface area contributed by atoms with Gasteiger partial charge in [0.1, 0.15) is 5.75 Å². The number of likely N-dealkylation sites (tertiary alicyclic amines) is 1. The molecule has 126 valence electrons. The van der Waals surface area contributed by atoms with E-state index in [-0.39, 0.29) is 6.04 Å². The van der Waals surface area contributed by atoms with E-state index >= 15 is 0 Å². The van der Waals surface area contributed by atoms with Crippen LogP contribution in [0.2, 0.25) is 0 Å². The van der Waals surface area contributed by atoms with Crippen molar-refractivity contribution in [3.8, 4) is 5.75 Å². The topological polar surface area (TPSA) is 47.0 Å². The second-order valence-electron chi connectivity index (χ2n) is 6.60. The molecule has 1 amide bonds. The zero-order chi connectivity index (χ0) is 16.2. The smallest absolute Gasteiger partial charge is 0.239 e. The number of phenolic OH excluding ortho intramolecular Hbond substituents is 1. The number of hydrogen-bond donors (Lipinski definition) is 1. The minimum atomic E-state index is -0.0185. The zero-order valence-electron chi connectivity index (χ0n) is 13.9. The van der Waals surface area contributed by atoms with Crippen LogP contribution in [0.15, 0.2) is 24.3 Å². The lowest BCUT2D eigenvalue weighted by Gasteiger charge is -2.40. The molecular formula is C18H27N3O2. The highest BCUT2D eigenvalue weighted by molar-refractivity contribution is 5.81. The molecule has 1 N–H and O–H groups in total. The van der Waals surface area contributed by atoms with Gasteiger partial charge in [-0.15, -0.1) is 0 Å². The molecule has 3 rings (SSSR count). The molecule has 0 radical (unpaired) electrons. The van der Waals surface area contributed by atoms with Crippen molar-refractivity contribution in [2.24, 2.45) is 0 Å². The number of nitrogens with zero attached hydrogens (tertiary/aromatic N) is 3. The Morgan fingerprint density at radius 2 is 1.57 bits per heavy atom. The maximum Gasteiger partial charge on any atom is 0.239 e. The molecule has 5 heteroatoms. The number of anilines is 1. The van der Waals surface area contributed by atoms with E-state index in [1.54, 1.807) is 12.1 Å². The van der Waals surface area contributed by atoms with E-state index in [0.29, 0.717) is 11.7 Å². The minimum absolute atomic E-state index is 0.0185. The summed E-state index contributed by atoms with van der Waals surface area (Å²) >= 11 is 0. The first-order chi connectivity index (χ1) is 11.1. The van der Waals surface area contributed by atoms with Crippen molar-refractivity contribution in [1.29, 1.82) is 0 Å². The minimum Gasteiger partial charge on any atom is -0.508 e. The number of hydrogen-bond acceptors (Lipinski definition) is 4. The summed E-state index contributed by atoms with van der Waals surface area (Å²) in [6.07, 6.45) is 3.55. The molecule has 5 nitrogen and oxygen atoms in total. The lowest BCUT2D eigenvalue weighted by atomic mass is 10.1. The molecule has 1 aromatic carbocycles. The second-order valence-corrected chi connectivity index (χ2v) is 6.60. The number of amides is 1. The number of carbonyl (C=O) groups is 1. The van der Waals surface area contributed by atoms with Crippen LogP contribution in [0, 0.1) is 0 Å². The Balaban J connectivity index is 1.53. The lowest BCUT2D eigenvalue weighted by Crippen LogP contribution is -2.55. The SMILES string of the molecule is C[C@H](C(=O)N1CCCCC1)N1CCN(c2ccc(O)cc2)CC1. The number of carbonyl (C=O) groups excluding carboxylic acids is 1. The van der Waals surface area contributed by atoms with E-state index < -0.39 is 0 Å². The highest BCUT2D eigenvalue weighted by Crippen LogP contribution is 2.21. The molecule has 0 bridgehead atoms. The summed E-state index contributed by atoms with van der Waals surface area (Å²) in [4.78, 5) is 19.3. The predicted molar refractivity (Wildman–Crippen MR) is 91.8 cm³/mol. The molecule has 1 aromatic rings. The van der Waals surface area contributed by atoms with Gasteiger partial charge < -0.3 is 14.9 Å². The quantitative estimate of drug-likeness (QED) is 0.925. The number of phenols is 1. The first-order valence-electron chi connectivity index (χ1n) is 8.72. The largest absolute Gasteiger partial charge is 0.508 e. The van der Waals surface area contributed by atoms with Crippen LogP contribution < -0.4 is 4.90 Å². The fourth-order valence-corrected chi connectivity index (χ4v) is 3.57. The Kier molecular flexibility index (Phi) is 5.06. The number of piperidine rings is 1. The normalized spacial score (nSPS) is 21.3. The summed E-state index contributed by atoms with van der Waals surface area (Å²) in [6, 6.07) is 7.34. The molecule has 0 aromatic heterocycles. The van der Waals surface area contributed by atoms with Crippen LogP contribution in [0.1, 0.15) is 26.2 Å². The molecule has 23 heavy (non-hydrogen) atoms. The van der Waals surface area contributed by atoms with Crippen molar-refractivity contribution >= 4 is 11.6 Å². The first-order valence-corrected chi connectivity index (χ1v) is 8.72. The van der Waals surface area contributed by atoms with Gasteiger partial charge in [-0.2, -0.15) is 0 Å². The Hall–Kier alpha value is -1.75. The van der Waals surface area contributed by atoms with Gasteiger partial charge >= 0.3 is 0 Å². The van der Waals surface area contributed by atoms with Gasteiger partial charge in [-0.3, -0.25) is 9.69 Å². The Morgan fingerprint density at radius 3 is 2.17 bits per heavy atom. The van der Waals surface area contributed by atoms with Gasteiger partial charge in [0, 0.05) is 45.0 Å². The average molecular weight is 317 g/mol. The van der Waals surface area contributed by atoms with Crippen LogP contribution in [0.3, 0.4) is 0 Å². The molecular weight excluding hydrogens is 290 g/mol. The summed E-state index contributed by atoms with van der Waals surface area (Å²) in [5, 5.41) is 9.39. The van der Waals surface area contributed by atoms with E-state index in [4.69, 9.17) is 0 Å². The van der Waals surface area contributed by atoms with Crippen molar-refractivity contribution in [2.45, 2.75) is 32.2 Å². The van der Waals surface area contributed by atoms with Gasteiger partial charge in [-0.05, 0) is 50.5 Å². The second kappa shape index (κ2) is 7.21. The number of aromatic hydroxyl groups is 1. The molecule has 2 fully saturated rings. The van der Waals surface area contributed by atoms with Crippen molar-refractivity contribution < 1.29 is 9.90 Å². The van der Waals surface area contributed by atoms with Crippen LogP contribution in [0.5, 0.6) is 5.75 Å². The van der Waals surface area contributed by atoms with E-state index in [1.807, 2.05) is 24.0 Å². The number of piperazine rings is 1. The molecule has 2 aliphatic rings. The van der Waals surface area contributed by atoms with Crippen LogP contribution in [0.25, 0.3) is 0 Å². The van der Waals surface area contributed by atoms with Crippen LogP contribution >= 0.6 is 0 Å². The highest BCUT2D eigenvalue weighted by atomic mass is 16.3. The first kappa shape index (κ1) is 16.1. The standard InChI is InChI=1S/C18H27N3O2/c1-15(18(23)21-9-3-2-4-10-21)19-11-13-20(14-12-19)16-5-7-17(22)8-6-16/h5-8,15,22H,2-4,9-14H2,1H3/t15-/m1/s1. The van der Waals surface area contributed by atoms with Gasteiger partial charge in [0.25, 0.3) is 0 Å². The van der Waals surface area contributed by atoms with Gasteiger partial charge in [0.2, 0.25) is 5.91 Å².